The highest BCUT2D eigenvalue weighted by atomic mass is 35.5. The van der Waals surface area contributed by atoms with E-state index in [1.165, 1.54) is 0 Å². The third kappa shape index (κ3) is 2.45. The van der Waals surface area contributed by atoms with Crippen molar-refractivity contribution in [3.8, 4) is 0 Å². The molecule has 4 atom stereocenters. The van der Waals surface area contributed by atoms with E-state index in [1.54, 1.807) is 42.5 Å². The molecule has 180 valence electrons. The third-order valence-electron chi connectivity index (χ3n) is 8.47. The number of hydrogen-bond donors (Lipinski definition) is 2. The van der Waals surface area contributed by atoms with E-state index in [1.807, 2.05) is 24.3 Å². The number of anilines is 2. The first-order valence-electron chi connectivity index (χ1n) is 12.0. The number of benzene rings is 3. The Labute approximate surface area is 217 Å². The number of amides is 2. The maximum atomic E-state index is 14.4. The fraction of sp³-hybridized carbons (Fsp3) is 0.250. The van der Waals surface area contributed by atoms with E-state index < -0.39 is 16.9 Å². The molecule has 4 heterocycles. The molecule has 2 N–H and O–H groups in total. The maximum Gasteiger partial charge on any atom is 0.251 e. The first-order chi connectivity index (χ1) is 17.4. The molecule has 3 aromatic rings. The Bertz CT molecular complexity index is 1490. The Kier molecular flexibility index (Phi) is 4.54. The Morgan fingerprint density at radius 2 is 1.56 bits per heavy atom. The zero-order valence-electron chi connectivity index (χ0n) is 19.1. The number of nitrogens with one attached hydrogen (secondary N) is 2. The molecule has 2 spiro atoms. The summed E-state index contributed by atoms with van der Waals surface area (Å²) in [7, 11) is 0. The summed E-state index contributed by atoms with van der Waals surface area (Å²) in [5.74, 6) is -1.60. The van der Waals surface area contributed by atoms with Crippen molar-refractivity contribution < 1.29 is 14.4 Å². The maximum absolute atomic E-state index is 14.4. The monoisotopic (exact) mass is 517 g/mol. The van der Waals surface area contributed by atoms with Gasteiger partial charge >= 0.3 is 0 Å². The van der Waals surface area contributed by atoms with Gasteiger partial charge in [-0.25, -0.2) is 0 Å². The first-order valence-corrected chi connectivity index (χ1v) is 12.7. The zero-order valence-corrected chi connectivity index (χ0v) is 20.6. The van der Waals surface area contributed by atoms with Crippen LogP contribution in [0.1, 0.15) is 34.3 Å². The van der Waals surface area contributed by atoms with Gasteiger partial charge in [0.05, 0.1) is 5.92 Å². The minimum Gasteiger partial charge on any atom is -0.325 e. The van der Waals surface area contributed by atoms with Crippen LogP contribution in [0, 0.1) is 5.92 Å². The van der Waals surface area contributed by atoms with Crippen molar-refractivity contribution in [2.45, 2.75) is 29.8 Å². The predicted octanol–water partition coefficient (Wildman–Crippen LogP) is 5.01. The second kappa shape index (κ2) is 7.42. The standard InChI is InChI=1S/C28H21Cl2N3O3/c29-16-9-7-15(8-10-16)24(34)23-22-6-3-13-33(22)28(19-14-17(30)11-12-21(19)32-26(28)36)27(23)18-4-1-2-5-20(18)31-25(27)35/h1-2,4-5,7-12,14,22-23H,3,6,13H2,(H,31,35)(H,32,36)/t22-,23-,27+,28+/m0/s1. The van der Waals surface area contributed by atoms with Gasteiger partial charge in [-0.2, -0.15) is 0 Å². The van der Waals surface area contributed by atoms with Crippen LogP contribution in [0.5, 0.6) is 0 Å². The third-order valence-corrected chi connectivity index (χ3v) is 8.96. The summed E-state index contributed by atoms with van der Waals surface area (Å²) in [6, 6.07) is 19.1. The smallest absolute Gasteiger partial charge is 0.251 e. The number of carbonyl (C=O) groups excluding carboxylic acids is 3. The molecule has 3 aromatic carbocycles. The van der Waals surface area contributed by atoms with Gasteiger partial charge in [-0.05, 0) is 73.5 Å². The molecule has 8 heteroatoms. The van der Waals surface area contributed by atoms with Crippen molar-refractivity contribution in [1.82, 2.24) is 4.90 Å². The lowest BCUT2D eigenvalue weighted by atomic mass is 9.57. The van der Waals surface area contributed by atoms with E-state index in [4.69, 9.17) is 23.2 Å². The first kappa shape index (κ1) is 22.0. The summed E-state index contributed by atoms with van der Waals surface area (Å²) in [5, 5.41) is 7.05. The van der Waals surface area contributed by atoms with Crippen molar-refractivity contribution in [1.29, 1.82) is 0 Å². The van der Waals surface area contributed by atoms with Gasteiger partial charge in [-0.15, -0.1) is 0 Å². The van der Waals surface area contributed by atoms with E-state index in [9.17, 15) is 14.4 Å². The molecular weight excluding hydrogens is 497 g/mol. The van der Waals surface area contributed by atoms with Gasteiger partial charge in [0.2, 0.25) is 5.91 Å². The van der Waals surface area contributed by atoms with Crippen LogP contribution < -0.4 is 10.6 Å². The van der Waals surface area contributed by atoms with Crippen LogP contribution in [-0.2, 0) is 20.5 Å². The summed E-state index contributed by atoms with van der Waals surface area (Å²) in [6.45, 7) is 0.589. The van der Waals surface area contributed by atoms with Crippen LogP contribution in [-0.4, -0.2) is 35.1 Å². The summed E-state index contributed by atoms with van der Waals surface area (Å²) in [6.07, 6.45) is 1.52. The molecule has 0 radical (unpaired) electrons. The van der Waals surface area contributed by atoms with Crippen molar-refractivity contribution in [2.24, 2.45) is 5.92 Å². The minimum atomic E-state index is -1.48. The highest BCUT2D eigenvalue weighted by Crippen LogP contribution is 2.68. The van der Waals surface area contributed by atoms with Gasteiger partial charge < -0.3 is 10.6 Å². The summed E-state index contributed by atoms with van der Waals surface area (Å²) >= 11 is 12.6. The quantitative estimate of drug-likeness (QED) is 0.468. The van der Waals surface area contributed by atoms with Gasteiger partial charge in [0, 0.05) is 38.6 Å². The number of carbonyl (C=O) groups is 3. The molecule has 0 saturated carbocycles. The Morgan fingerprint density at radius 3 is 2.36 bits per heavy atom. The van der Waals surface area contributed by atoms with E-state index in [2.05, 4.69) is 15.5 Å². The topological polar surface area (TPSA) is 78.5 Å². The second-order valence-corrected chi connectivity index (χ2v) is 10.8. The Morgan fingerprint density at radius 1 is 0.861 bits per heavy atom. The molecule has 2 amide bonds. The van der Waals surface area contributed by atoms with Gasteiger partial charge in [0.1, 0.15) is 11.0 Å². The number of Topliss-reactive ketones (excluding diaryl/α,β-unsaturated/α-hetero) is 1. The molecule has 0 bridgehead atoms. The molecule has 4 aliphatic rings. The highest BCUT2D eigenvalue weighted by Gasteiger charge is 2.81. The highest BCUT2D eigenvalue weighted by molar-refractivity contribution is 6.31. The summed E-state index contributed by atoms with van der Waals surface area (Å²) in [4.78, 5) is 45.2. The van der Waals surface area contributed by atoms with Crippen molar-refractivity contribution in [2.75, 3.05) is 17.2 Å². The molecule has 36 heavy (non-hydrogen) atoms. The van der Waals surface area contributed by atoms with Crippen LogP contribution >= 0.6 is 23.2 Å². The fourth-order valence-corrected chi connectivity index (χ4v) is 7.64. The predicted molar refractivity (Wildman–Crippen MR) is 138 cm³/mol. The SMILES string of the molecule is O=C(c1ccc(Cl)cc1)[C@@H]1[C@@H]2CCCN2[C@]2(C(=O)Nc3ccc(Cl)cc32)[C@@]12C(=O)Nc1ccccc12. The largest absolute Gasteiger partial charge is 0.325 e. The summed E-state index contributed by atoms with van der Waals surface area (Å²) < 4.78 is 0. The van der Waals surface area contributed by atoms with Gasteiger partial charge in [0.15, 0.2) is 5.78 Å². The van der Waals surface area contributed by atoms with Crippen molar-refractivity contribution in [3.05, 3.63) is 93.5 Å². The zero-order chi connectivity index (χ0) is 24.8. The lowest BCUT2D eigenvalue weighted by Gasteiger charge is -2.43. The molecule has 0 aromatic heterocycles. The van der Waals surface area contributed by atoms with Crippen LogP contribution in [0.15, 0.2) is 66.7 Å². The average Bonchev–Trinajstić information content (AvgIpc) is 3.58. The van der Waals surface area contributed by atoms with E-state index in [-0.39, 0.29) is 23.6 Å². The molecule has 7 rings (SSSR count). The number of halogens is 2. The van der Waals surface area contributed by atoms with Crippen molar-refractivity contribution >= 4 is 52.2 Å². The van der Waals surface area contributed by atoms with Crippen molar-refractivity contribution in [3.63, 3.8) is 0 Å². The molecular formula is C28H21Cl2N3O3. The number of ketones is 1. The molecule has 2 saturated heterocycles. The van der Waals surface area contributed by atoms with Crippen LogP contribution in [0.2, 0.25) is 10.0 Å². The van der Waals surface area contributed by atoms with Gasteiger partial charge in [-0.3, -0.25) is 19.3 Å². The second-order valence-electron chi connectivity index (χ2n) is 9.91. The number of para-hydroxylation sites is 1. The molecule has 2 fully saturated rings. The van der Waals surface area contributed by atoms with Gasteiger partial charge in [-0.1, -0.05) is 41.4 Å². The van der Waals surface area contributed by atoms with E-state index >= 15 is 0 Å². The van der Waals surface area contributed by atoms with Crippen LogP contribution in [0.3, 0.4) is 0 Å². The Balaban J connectivity index is 1.59. The fourth-order valence-electron chi connectivity index (χ4n) is 7.34. The van der Waals surface area contributed by atoms with Crippen LogP contribution in [0.4, 0.5) is 11.4 Å². The summed E-state index contributed by atoms with van der Waals surface area (Å²) in [5.41, 5.74) is 0.120. The number of fused-ring (bicyclic) bond motifs is 7. The lowest BCUT2D eigenvalue weighted by Crippen LogP contribution is -2.62. The number of nitrogens with zero attached hydrogens (tertiary/aromatic N) is 1. The number of hydrogen-bond acceptors (Lipinski definition) is 4. The average molecular weight is 518 g/mol. The number of rotatable bonds is 2. The van der Waals surface area contributed by atoms with Crippen LogP contribution in [0.25, 0.3) is 0 Å². The molecule has 0 unspecified atom stereocenters. The van der Waals surface area contributed by atoms with Gasteiger partial charge in [0.25, 0.3) is 5.91 Å². The molecule has 6 nitrogen and oxygen atoms in total. The van der Waals surface area contributed by atoms with E-state index in [0.29, 0.717) is 51.1 Å². The minimum absolute atomic E-state index is 0.171. The Hall–Kier alpha value is -3.19. The molecule has 4 aliphatic heterocycles. The lowest BCUT2D eigenvalue weighted by molar-refractivity contribution is -0.137. The normalized spacial score (nSPS) is 29.8. The van der Waals surface area contributed by atoms with E-state index in [0.717, 1.165) is 6.42 Å². The molecule has 0 aliphatic carbocycles.